The van der Waals surface area contributed by atoms with Crippen molar-refractivity contribution in [3.05, 3.63) is 82.4 Å². The van der Waals surface area contributed by atoms with Crippen LogP contribution in [0.1, 0.15) is 53.4 Å². The molecule has 5 nitrogen and oxygen atoms in total. The topological polar surface area (TPSA) is 87.6 Å². The van der Waals surface area contributed by atoms with Crippen LogP contribution in [0.4, 0.5) is 11.4 Å². The van der Waals surface area contributed by atoms with Crippen molar-refractivity contribution < 1.29 is 14.3 Å². The number of carbonyl (C=O) groups excluding carboxylic acids is 1. The molecule has 1 spiro atoms. The molecule has 5 rings (SSSR count). The molecule has 0 fully saturated rings. The third kappa shape index (κ3) is 2.37. The van der Waals surface area contributed by atoms with E-state index in [1.807, 2.05) is 24.3 Å². The largest absolute Gasteiger partial charge is 0.456 e. The van der Waals surface area contributed by atoms with Gasteiger partial charge in [0.15, 0.2) is 5.60 Å². The second kappa shape index (κ2) is 5.54. The zero-order valence-corrected chi connectivity index (χ0v) is 16.6. The van der Waals surface area contributed by atoms with E-state index in [0.29, 0.717) is 28.4 Å². The summed E-state index contributed by atoms with van der Waals surface area (Å²) in [6.45, 7) is 6.44. The third-order valence-corrected chi connectivity index (χ3v) is 5.72. The number of carbonyl (C=O) groups is 1. The predicted octanol–water partition coefficient (Wildman–Crippen LogP) is 4.72. The van der Waals surface area contributed by atoms with E-state index >= 15 is 0 Å². The molecule has 2 heterocycles. The van der Waals surface area contributed by atoms with E-state index in [9.17, 15) is 4.79 Å². The number of fused-ring (bicyclic) bond motifs is 6. The second-order valence-corrected chi connectivity index (χ2v) is 8.69. The van der Waals surface area contributed by atoms with Gasteiger partial charge in [-0.2, -0.15) is 0 Å². The van der Waals surface area contributed by atoms with Crippen molar-refractivity contribution in [3.8, 4) is 11.5 Å². The summed E-state index contributed by atoms with van der Waals surface area (Å²) in [4.78, 5) is 12.9. The van der Waals surface area contributed by atoms with Gasteiger partial charge in [0.2, 0.25) is 0 Å². The van der Waals surface area contributed by atoms with Crippen LogP contribution in [-0.4, -0.2) is 5.97 Å². The zero-order valence-electron chi connectivity index (χ0n) is 16.6. The number of anilines is 2. The Kier molecular flexibility index (Phi) is 3.36. The first-order valence-corrected chi connectivity index (χ1v) is 9.56. The summed E-state index contributed by atoms with van der Waals surface area (Å²) < 4.78 is 12.3. The fraction of sp³-hybridized carbons (Fsp3) is 0.208. The molecular weight excluding hydrogens is 364 g/mol. The molecule has 29 heavy (non-hydrogen) atoms. The predicted molar refractivity (Wildman–Crippen MR) is 112 cm³/mol. The molecule has 5 heteroatoms. The van der Waals surface area contributed by atoms with Gasteiger partial charge in [0.05, 0.1) is 5.56 Å². The number of hydrogen-bond donors (Lipinski definition) is 2. The van der Waals surface area contributed by atoms with Crippen LogP contribution < -0.4 is 16.2 Å². The Morgan fingerprint density at radius 1 is 0.793 bits per heavy atom. The fourth-order valence-electron chi connectivity index (χ4n) is 4.22. The smallest absolute Gasteiger partial charge is 0.340 e. The summed E-state index contributed by atoms with van der Waals surface area (Å²) in [6.07, 6.45) is 0. The molecule has 4 N–H and O–H groups in total. The first-order valence-electron chi connectivity index (χ1n) is 9.56. The number of rotatable bonds is 0. The Morgan fingerprint density at radius 3 is 1.93 bits per heavy atom. The van der Waals surface area contributed by atoms with Gasteiger partial charge in [-0.25, -0.2) is 4.79 Å². The molecule has 0 aromatic heterocycles. The van der Waals surface area contributed by atoms with Crippen molar-refractivity contribution in [1.82, 2.24) is 0 Å². The average Bonchev–Trinajstić information content (AvgIpc) is 2.93. The van der Waals surface area contributed by atoms with Crippen LogP contribution >= 0.6 is 0 Å². The lowest BCUT2D eigenvalue weighted by Gasteiger charge is -2.37. The second-order valence-electron chi connectivity index (χ2n) is 8.69. The van der Waals surface area contributed by atoms with E-state index in [4.69, 9.17) is 20.9 Å². The van der Waals surface area contributed by atoms with Gasteiger partial charge in [-0.3, -0.25) is 0 Å². The molecule has 0 radical (unpaired) electrons. The normalized spacial score (nSPS) is 15.9. The van der Waals surface area contributed by atoms with Crippen molar-refractivity contribution in [2.45, 2.75) is 31.8 Å². The van der Waals surface area contributed by atoms with Gasteiger partial charge in [-0.1, -0.05) is 26.8 Å². The van der Waals surface area contributed by atoms with E-state index in [1.54, 1.807) is 24.3 Å². The minimum absolute atomic E-state index is 0.0824. The number of nitrogen functional groups attached to an aromatic ring is 2. The van der Waals surface area contributed by atoms with Gasteiger partial charge in [-0.05, 0) is 47.4 Å². The van der Waals surface area contributed by atoms with Crippen molar-refractivity contribution >= 4 is 17.3 Å². The molecule has 146 valence electrons. The van der Waals surface area contributed by atoms with Crippen LogP contribution in [0.15, 0.2) is 54.6 Å². The first-order chi connectivity index (χ1) is 13.7. The zero-order chi connectivity index (χ0) is 20.6. The Morgan fingerprint density at radius 2 is 1.38 bits per heavy atom. The lowest BCUT2D eigenvalue weighted by Crippen LogP contribution is -2.33. The molecule has 3 aromatic rings. The number of nitrogens with two attached hydrogens (primary N) is 2. The Balaban J connectivity index is 1.89. The van der Waals surface area contributed by atoms with Gasteiger partial charge < -0.3 is 20.9 Å². The van der Waals surface area contributed by atoms with Gasteiger partial charge in [0.1, 0.15) is 11.5 Å². The molecule has 0 unspecified atom stereocenters. The molecule has 2 aliphatic rings. The fourth-order valence-corrected chi connectivity index (χ4v) is 4.22. The SMILES string of the molecule is CC(C)(C)c1ccc2c(c1)C1(OC2=O)c2ccc(N)cc2Oc2cc(N)ccc21. The summed E-state index contributed by atoms with van der Waals surface area (Å²) >= 11 is 0. The van der Waals surface area contributed by atoms with Gasteiger partial charge in [-0.15, -0.1) is 0 Å². The maximum atomic E-state index is 12.9. The summed E-state index contributed by atoms with van der Waals surface area (Å²) in [6, 6.07) is 16.8. The van der Waals surface area contributed by atoms with E-state index in [0.717, 1.165) is 22.3 Å². The standard InChI is InChI=1S/C24H22N2O3/c1-23(2,3)13-4-7-16-19(10-13)24(29-22(16)27)17-8-5-14(25)11-20(17)28-21-12-15(26)6-9-18(21)24/h4-12H,25-26H2,1-3H3. The monoisotopic (exact) mass is 386 g/mol. The Bertz CT molecular complexity index is 1140. The van der Waals surface area contributed by atoms with E-state index in [-0.39, 0.29) is 11.4 Å². The molecule has 0 saturated heterocycles. The molecule has 0 aliphatic carbocycles. The molecule has 0 saturated carbocycles. The Hall–Kier alpha value is -3.47. The van der Waals surface area contributed by atoms with Crippen molar-refractivity contribution in [3.63, 3.8) is 0 Å². The molecule has 3 aromatic carbocycles. The average molecular weight is 386 g/mol. The minimum Gasteiger partial charge on any atom is -0.456 e. The lowest BCUT2D eigenvalue weighted by atomic mass is 9.75. The van der Waals surface area contributed by atoms with Crippen LogP contribution in [0.25, 0.3) is 0 Å². The van der Waals surface area contributed by atoms with Crippen LogP contribution in [0.3, 0.4) is 0 Å². The summed E-state index contributed by atoms with van der Waals surface area (Å²) in [5, 5.41) is 0. The minimum atomic E-state index is -1.10. The van der Waals surface area contributed by atoms with Crippen LogP contribution in [0.2, 0.25) is 0 Å². The maximum Gasteiger partial charge on any atom is 0.340 e. The molecule has 0 atom stereocenters. The highest BCUT2D eigenvalue weighted by Crippen LogP contribution is 2.56. The van der Waals surface area contributed by atoms with E-state index < -0.39 is 5.60 Å². The number of ether oxygens (including phenoxy) is 2. The Labute approximate surface area is 169 Å². The van der Waals surface area contributed by atoms with Crippen molar-refractivity contribution in [2.24, 2.45) is 0 Å². The summed E-state index contributed by atoms with van der Waals surface area (Å²) in [5.74, 6) is 0.766. The van der Waals surface area contributed by atoms with Crippen molar-refractivity contribution in [2.75, 3.05) is 11.5 Å². The maximum absolute atomic E-state index is 12.9. The highest BCUT2D eigenvalue weighted by Gasteiger charge is 2.53. The van der Waals surface area contributed by atoms with Crippen LogP contribution in [0, 0.1) is 0 Å². The number of hydrogen-bond acceptors (Lipinski definition) is 5. The van der Waals surface area contributed by atoms with E-state index in [1.165, 1.54) is 0 Å². The highest BCUT2D eigenvalue weighted by atomic mass is 16.6. The third-order valence-electron chi connectivity index (χ3n) is 5.72. The first kappa shape index (κ1) is 17.6. The molecular formula is C24H22N2O3. The quantitative estimate of drug-likeness (QED) is 0.431. The van der Waals surface area contributed by atoms with Crippen LogP contribution in [-0.2, 0) is 15.8 Å². The molecule has 0 bridgehead atoms. The van der Waals surface area contributed by atoms with Crippen LogP contribution in [0.5, 0.6) is 11.5 Å². The van der Waals surface area contributed by atoms with Gasteiger partial charge >= 0.3 is 5.97 Å². The van der Waals surface area contributed by atoms with Gasteiger partial charge in [0.25, 0.3) is 0 Å². The number of benzene rings is 3. The number of esters is 1. The van der Waals surface area contributed by atoms with Gasteiger partial charge in [0, 0.05) is 40.2 Å². The van der Waals surface area contributed by atoms with Crippen molar-refractivity contribution in [1.29, 1.82) is 0 Å². The highest BCUT2D eigenvalue weighted by molar-refractivity contribution is 5.97. The lowest BCUT2D eigenvalue weighted by molar-refractivity contribution is 0.0224. The molecule has 0 amide bonds. The summed E-state index contributed by atoms with van der Waals surface area (Å²) in [5.41, 5.74) is 16.0. The van der Waals surface area contributed by atoms with E-state index in [2.05, 4.69) is 26.8 Å². The molecule has 2 aliphatic heterocycles. The summed E-state index contributed by atoms with van der Waals surface area (Å²) in [7, 11) is 0.